The first-order valence-corrected chi connectivity index (χ1v) is 8.49. The topological polar surface area (TPSA) is 113 Å². The zero-order chi connectivity index (χ0) is 15.4. The van der Waals surface area contributed by atoms with Gasteiger partial charge in [-0.25, -0.2) is 17.9 Å². The number of sulfonamides is 1. The summed E-state index contributed by atoms with van der Waals surface area (Å²) in [7, 11) is -4.24. The van der Waals surface area contributed by atoms with Crippen LogP contribution < -0.4 is 10.0 Å². The van der Waals surface area contributed by atoms with Gasteiger partial charge in [-0.1, -0.05) is 13.0 Å². The lowest BCUT2D eigenvalue weighted by Crippen LogP contribution is -2.63. The first-order chi connectivity index (χ1) is 9.25. The molecule has 3 N–H and O–H groups in total. The van der Waals surface area contributed by atoms with Gasteiger partial charge in [-0.05, 0) is 11.8 Å². The number of allylic oxidation sites excluding steroid dienone is 1. The number of thioether (sulfide) groups is 1. The molecule has 0 fully saturated rings. The summed E-state index contributed by atoms with van der Waals surface area (Å²) in [6, 6.07) is 0. The van der Waals surface area contributed by atoms with Gasteiger partial charge in [-0.3, -0.25) is 4.79 Å². The number of nitrogens with one attached hydrogen (secondary N) is 2. The molecule has 1 heterocycles. The minimum Gasteiger partial charge on any atom is -0.479 e. The number of carboxylic acids is 1. The first-order valence-electron chi connectivity index (χ1n) is 6.07. The third kappa shape index (κ3) is 3.53. The van der Waals surface area contributed by atoms with Crippen LogP contribution in [0, 0.1) is 0 Å². The standard InChI is InChI=1S/C11H18N2O5S2/c1-3-12-20(17,18)11(10(15)16,13-8(2)14)7-9-5-4-6-19-9/h4,6,9,12H,3,5,7H2,1-2H3,(H,13,14)(H,15,16)/t9?,11-/m1/s1. The van der Waals surface area contributed by atoms with Crippen LogP contribution in [-0.2, 0) is 19.6 Å². The van der Waals surface area contributed by atoms with E-state index in [4.69, 9.17) is 0 Å². The van der Waals surface area contributed by atoms with Crippen molar-refractivity contribution in [3.05, 3.63) is 11.5 Å². The summed E-state index contributed by atoms with van der Waals surface area (Å²) >= 11 is 1.36. The minimum absolute atomic E-state index is 0.0486. The Morgan fingerprint density at radius 2 is 2.15 bits per heavy atom. The highest BCUT2D eigenvalue weighted by atomic mass is 32.2. The average Bonchev–Trinajstić information content (AvgIpc) is 2.79. The van der Waals surface area contributed by atoms with Crippen molar-refractivity contribution in [2.24, 2.45) is 0 Å². The second-order valence-electron chi connectivity index (χ2n) is 4.38. The van der Waals surface area contributed by atoms with Gasteiger partial charge in [0, 0.05) is 25.1 Å². The summed E-state index contributed by atoms with van der Waals surface area (Å²) in [5.74, 6) is -2.29. The summed E-state index contributed by atoms with van der Waals surface area (Å²) in [6.45, 7) is 2.69. The summed E-state index contributed by atoms with van der Waals surface area (Å²) in [6.07, 6.45) is 2.21. The molecule has 7 nitrogen and oxygen atoms in total. The van der Waals surface area contributed by atoms with Crippen LogP contribution >= 0.6 is 11.8 Å². The molecule has 1 unspecified atom stereocenters. The van der Waals surface area contributed by atoms with E-state index in [0.29, 0.717) is 6.42 Å². The number of amides is 1. The number of carboxylic acid groups (broad SMARTS) is 1. The number of carbonyl (C=O) groups excluding carboxylic acids is 1. The molecule has 20 heavy (non-hydrogen) atoms. The van der Waals surface area contributed by atoms with Gasteiger partial charge in [-0.15, -0.1) is 11.8 Å². The fraction of sp³-hybridized carbons (Fsp3) is 0.636. The van der Waals surface area contributed by atoms with Crippen molar-refractivity contribution in [3.8, 4) is 0 Å². The van der Waals surface area contributed by atoms with Gasteiger partial charge >= 0.3 is 5.97 Å². The highest BCUT2D eigenvalue weighted by molar-refractivity contribution is 8.03. The molecule has 0 aromatic rings. The second-order valence-corrected chi connectivity index (χ2v) is 7.59. The predicted molar refractivity (Wildman–Crippen MR) is 76.5 cm³/mol. The molecule has 0 radical (unpaired) electrons. The zero-order valence-corrected chi connectivity index (χ0v) is 12.9. The van der Waals surface area contributed by atoms with Crippen LogP contribution in [0.3, 0.4) is 0 Å². The summed E-state index contributed by atoms with van der Waals surface area (Å²) in [5, 5.41) is 13.1. The molecule has 2 atom stereocenters. The van der Waals surface area contributed by atoms with Crippen molar-refractivity contribution in [3.63, 3.8) is 0 Å². The van der Waals surface area contributed by atoms with Crippen molar-refractivity contribution in [1.29, 1.82) is 0 Å². The van der Waals surface area contributed by atoms with Gasteiger partial charge in [0.25, 0.3) is 4.87 Å². The maximum Gasteiger partial charge on any atom is 0.346 e. The van der Waals surface area contributed by atoms with Gasteiger partial charge in [0.1, 0.15) is 0 Å². The Bertz CT molecular complexity index is 509. The van der Waals surface area contributed by atoms with E-state index in [1.165, 1.54) is 11.8 Å². The van der Waals surface area contributed by atoms with E-state index in [0.717, 1.165) is 6.92 Å². The van der Waals surface area contributed by atoms with Gasteiger partial charge < -0.3 is 10.4 Å². The van der Waals surface area contributed by atoms with Gasteiger partial charge in [-0.2, -0.15) is 0 Å². The molecule has 1 rings (SSSR count). The molecule has 0 aliphatic carbocycles. The smallest absolute Gasteiger partial charge is 0.346 e. The lowest BCUT2D eigenvalue weighted by atomic mass is 10.1. The quantitative estimate of drug-likeness (QED) is 0.619. The lowest BCUT2D eigenvalue weighted by molar-refractivity contribution is -0.143. The molecule has 0 saturated carbocycles. The molecule has 1 amide bonds. The Labute approximate surface area is 122 Å². The number of aliphatic carboxylic acids is 1. The molecule has 1 aliphatic rings. The normalized spacial score (nSPS) is 21.4. The Morgan fingerprint density at radius 1 is 1.50 bits per heavy atom. The van der Waals surface area contributed by atoms with Crippen LogP contribution in [0.4, 0.5) is 0 Å². The third-order valence-corrected chi connectivity index (χ3v) is 5.92. The number of carbonyl (C=O) groups is 2. The van der Waals surface area contributed by atoms with Crippen molar-refractivity contribution in [1.82, 2.24) is 10.0 Å². The molecular formula is C11H18N2O5S2. The van der Waals surface area contributed by atoms with Crippen LogP contribution in [0.15, 0.2) is 11.5 Å². The highest BCUT2D eigenvalue weighted by Gasteiger charge is 2.53. The van der Waals surface area contributed by atoms with Crippen LogP contribution in [0.1, 0.15) is 26.7 Å². The van der Waals surface area contributed by atoms with Crippen LogP contribution in [0.25, 0.3) is 0 Å². The summed E-state index contributed by atoms with van der Waals surface area (Å²) < 4.78 is 26.7. The fourth-order valence-corrected chi connectivity index (χ4v) is 4.64. The Hall–Kier alpha value is -1.06. The Kier molecular flexibility index (Phi) is 5.60. The maximum atomic E-state index is 12.3. The Balaban J connectivity index is 3.19. The molecule has 1 aliphatic heterocycles. The van der Waals surface area contributed by atoms with Crippen molar-refractivity contribution in [2.45, 2.75) is 36.8 Å². The molecule has 0 aromatic carbocycles. The Morgan fingerprint density at radius 3 is 2.55 bits per heavy atom. The fourth-order valence-electron chi connectivity index (χ4n) is 1.96. The van der Waals surface area contributed by atoms with E-state index in [2.05, 4.69) is 10.0 Å². The summed E-state index contributed by atoms with van der Waals surface area (Å²) in [5.41, 5.74) is 0. The summed E-state index contributed by atoms with van der Waals surface area (Å²) in [4.78, 5) is 20.6. The highest BCUT2D eigenvalue weighted by Crippen LogP contribution is 2.33. The van der Waals surface area contributed by atoms with Crippen LogP contribution in [-0.4, -0.2) is 42.1 Å². The molecule has 0 bridgehead atoms. The third-order valence-electron chi connectivity index (χ3n) is 2.80. The average molecular weight is 322 g/mol. The molecular weight excluding hydrogens is 304 g/mol. The van der Waals surface area contributed by atoms with E-state index < -0.39 is 26.8 Å². The number of hydrogen-bond acceptors (Lipinski definition) is 5. The molecule has 114 valence electrons. The van der Waals surface area contributed by atoms with Crippen LogP contribution in [0.5, 0.6) is 0 Å². The van der Waals surface area contributed by atoms with E-state index in [1.807, 2.05) is 6.08 Å². The zero-order valence-electron chi connectivity index (χ0n) is 11.3. The van der Waals surface area contributed by atoms with E-state index in [9.17, 15) is 23.1 Å². The molecule has 0 spiro atoms. The minimum atomic E-state index is -4.24. The van der Waals surface area contributed by atoms with E-state index in [-0.39, 0.29) is 18.2 Å². The monoisotopic (exact) mass is 322 g/mol. The van der Waals surface area contributed by atoms with Crippen molar-refractivity contribution < 1.29 is 23.1 Å². The van der Waals surface area contributed by atoms with E-state index >= 15 is 0 Å². The molecule has 0 aromatic heterocycles. The van der Waals surface area contributed by atoms with Gasteiger partial charge in [0.2, 0.25) is 15.9 Å². The maximum absolute atomic E-state index is 12.3. The second kappa shape index (κ2) is 6.59. The van der Waals surface area contributed by atoms with Crippen molar-refractivity contribution >= 4 is 33.7 Å². The number of rotatable bonds is 7. The van der Waals surface area contributed by atoms with Crippen LogP contribution in [0.2, 0.25) is 0 Å². The molecule has 0 saturated heterocycles. The largest absolute Gasteiger partial charge is 0.479 e. The van der Waals surface area contributed by atoms with Gasteiger partial charge in [0.05, 0.1) is 0 Å². The molecule has 9 heteroatoms. The predicted octanol–water partition coefficient (Wildman–Crippen LogP) is 0.252. The van der Waals surface area contributed by atoms with Gasteiger partial charge in [0.15, 0.2) is 0 Å². The SMILES string of the molecule is CCNS(=O)(=O)[C@@](CC1CC=CS1)(NC(C)=O)C(=O)O. The first kappa shape index (κ1) is 17.0. The number of hydrogen-bond donors (Lipinski definition) is 3. The lowest BCUT2D eigenvalue weighted by Gasteiger charge is -2.31. The van der Waals surface area contributed by atoms with Crippen molar-refractivity contribution in [2.75, 3.05) is 6.54 Å². The van der Waals surface area contributed by atoms with E-state index in [1.54, 1.807) is 12.3 Å².